The number of pyridine rings is 1. The normalized spacial score (nSPS) is 26.3. The molecule has 118 valence electrons. The molecule has 3 heterocycles. The molecule has 1 aromatic carbocycles. The summed E-state index contributed by atoms with van der Waals surface area (Å²) in [4.78, 5) is 12.2. The van der Waals surface area contributed by atoms with E-state index in [1.807, 2.05) is 24.0 Å². The average Bonchev–Trinajstić information content (AvgIpc) is 3.15. The van der Waals surface area contributed by atoms with Gasteiger partial charge in [-0.2, -0.15) is 0 Å². The van der Waals surface area contributed by atoms with Crippen LogP contribution < -0.4 is 0 Å². The van der Waals surface area contributed by atoms with Gasteiger partial charge in [0.15, 0.2) is 5.17 Å². The van der Waals surface area contributed by atoms with E-state index in [0.29, 0.717) is 6.04 Å². The molecule has 1 fully saturated rings. The number of thioether (sulfide) groups is 1. The number of aryl methyl sites for hydroxylation is 1. The van der Waals surface area contributed by atoms with Crippen molar-refractivity contribution in [3.8, 4) is 0 Å². The minimum absolute atomic E-state index is 0.0918. The van der Waals surface area contributed by atoms with Gasteiger partial charge in [-0.3, -0.25) is 9.98 Å². The molecule has 0 amide bonds. The highest BCUT2D eigenvalue weighted by atomic mass is 32.2. The highest BCUT2D eigenvalue weighted by molar-refractivity contribution is 8.14. The molecule has 3 atom stereocenters. The number of benzene rings is 1. The lowest BCUT2D eigenvalue weighted by molar-refractivity contribution is 0.254. The van der Waals surface area contributed by atoms with Crippen molar-refractivity contribution >= 4 is 16.9 Å². The molecule has 1 aromatic heterocycles. The largest absolute Gasteiger partial charge is 0.338 e. The van der Waals surface area contributed by atoms with Crippen molar-refractivity contribution in [1.29, 1.82) is 0 Å². The molecule has 4 heteroatoms. The van der Waals surface area contributed by atoms with Gasteiger partial charge in [0.05, 0.1) is 11.7 Å². The topological polar surface area (TPSA) is 28.5 Å². The van der Waals surface area contributed by atoms with Crippen LogP contribution in [0, 0.1) is 6.92 Å². The second kappa shape index (κ2) is 6.00. The quantitative estimate of drug-likeness (QED) is 0.840. The Balaban J connectivity index is 1.82. The Hall–Kier alpha value is -1.81. The van der Waals surface area contributed by atoms with Crippen LogP contribution in [0.25, 0.3) is 0 Å². The number of amidine groups is 1. The van der Waals surface area contributed by atoms with Crippen LogP contribution in [0.1, 0.15) is 42.2 Å². The smallest absolute Gasteiger partial charge is 0.160 e. The lowest BCUT2D eigenvalue weighted by Gasteiger charge is -2.32. The van der Waals surface area contributed by atoms with Crippen molar-refractivity contribution in [1.82, 2.24) is 9.88 Å². The lowest BCUT2D eigenvalue weighted by atomic mass is 9.92. The minimum Gasteiger partial charge on any atom is -0.338 e. The number of hydrogen-bond donors (Lipinski definition) is 0. The molecule has 2 aliphatic rings. The van der Waals surface area contributed by atoms with E-state index < -0.39 is 0 Å². The van der Waals surface area contributed by atoms with Crippen LogP contribution in [0.15, 0.2) is 53.7 Å². The van der Waals surface area contributed by atoms with Crippen molar-refractivity contribution in [2.24, 2.45) is 4.99 Å². The number of hydrogen-bond acceptors (Lipinski definition) is 4. The molecule has 3 nitrogen and oxygen atoms in total. The van der Waals surface area contributed by atoms with E-state index in [9.17, 15) is 0 Å². The van der Waals surface area contributed by atoms with E-state index in [0.717, 1.165) is 17.9 Å². The second-order valence-electron chi connectivity index (χ2n) is 6.19. The molecule has 0 radical (unpaired) electrons. The van der Waals surface area contributed by atoms with E-state index in [-0.39, 0.29) is 12.1 Å². The molecule has 0 saturated carbocycles. The van der Waals surface area contributed by atoms with Crippen LogP contribution in [0.4, 0.5) is 0 Å². The summed E-state index contributed by atoms with van der Waals surface area (Å²) >= 11 is 1.90. The van der Waals surface area contributed by atoms with Gasteiger partial charge in [-0.25, -0.2) is 0 Å². The number of aliphatic imine (C=N–C) groups is 1. The summed E-state index contributed by atoms with van der Waals surface area (Å²) in [6, 6.07) is 15.8. The zero-order valence-electron chi connectivity index (χ0n) is 13.5. The SMILES string of the molecule is CC[C@@H]1CSC2=N[C@@H](c3ccccn3)[C@@H](c3ccccc3C)N21. The van der Waals surface area contributed by atoms with Crippen molar-refractivity contribution in [3.05, 3.63) is 65.5 Å². The first-order chi connectivity index (χ1) is 11.3. The van der Waals surface area contributed by atoms with Gasteiger partial charge in [-0.1, -0.05) is 49.0 Å². The Morgan fingerprint density at radius 3 is 2.74 bits per heavy atom. The third kappa shape index (κ3) is 2.45. The number of fused-ring (bicyclic) bond motifs is 1. The Morgan fingerprint density at radius 1 is 1.17 bits per heavy atom. The van der Waals surface area contributed by atoms with Crippen LogP contribution in [-0.4, -0.2) is 26.8 Å². The van der Waals surface area contributed by atoms with Crippen LogP contribution in [-0.2, 0) is 0 Å². The molecule has 4 rings (SSSR count). The molecule has 2 aliphatic heterocycles. The van der Waals surface area contributed by atoms with Crippen LogP contribution >= 0.6 is 11.8 Å². The number of aromatic nitrogens is 1. The van der Waals surface area contributed by atoms with E-state index in [1.165, 1.54) is 16.3 Å². The fourth-order valence-electron chi connectivity index (χ4n) is 3.61. The zero-order valence-corrected chi connectivity index (χ0v) is 14.3. The maximum Gasteiger partial charge on any atom is 0.160 e. The van der Waals surface area contributed by atoms with Crippen molar-refractivity contribution in [3.63, 3.8) is 0 Å². The first-order valence-electron chi connectivity index (χ1n) is 8.25. The Kier molecular flexibility index (Phi) is 3.85. The van der Waals surface area contributed by atoms with Gasteiger partial charge >= 0.3 is 0 Å². The van der Waals surface area contributed by atoms with Gasteiger partial charge < -0.3 is 4.90 Å². The molecule has 0 unspecified atom stereocenters. The highest BCUT2D eigenvalue weighted by Crippen LogP contribution is 2.48. The van der Waals surface area contributed by atoms with Crippen LogP contribution in [0.3, 0.4) is 0 Å². The third-order valence-corrected chi connectivity index (χ3v) is 5.96. The Morgan fingerprint density at radius 2 is 2.00 bits per heavy atom. The Labute approximate surface area is 141 Å². The minimum atomic E-state index is 0.0918. The van der Waals surface area contributed by atoms with Crippen molar-refractivity contribution < 1.29 is 0 Å². The first kappa shape index (κ1) is 14.8. The molecule has 0 aliphatic carbocycles. The monoisotopic (exact) mass is 323 g/mol. The summed E-state index contributed by atoms with van der Waals surface area (Å²) in [6.45, 7) is 4.48. The molecule has 0 N–H and O–H groups in total. The van der Waals surface area contributed by atoms with E-state index in [4.69, 9.17) is 4.99 Å². The van der Waals surface area contributed by atoms with Gasteiger partial charge in [0.25, 0.3) is 0 Å². The van der Waals surface area contributed by atoms with Crippen LogP contribution in [0.2, 0.25) is 0 Å². The van der Waals surface area contributed by atoms with Crippen LogP contribution in [0.5, 0.6) is 0 Å². The number of nitrogens with zero attached hydrogens (tertiary/aromatic N) is 3. The first-order valence-corrected chi connectivity index (χ1v) is 9.23. The molecule has 0 bridgehead atoms. The molecule has 2 aromatic rings. The second-order valence-corrected chi connectivity index (χ2v) is 7.18. The summed E-state index contributed by atoms with van der Waals surface area (Å²) in [7, 11) is 0. The standard InChI is InChI=1S/C19H21N3S/c1-3-14-12-23-19-21-17(16-10-6-7-11-20-16)18(22(14)19)15-9-5-4-8-13(15)2/h4-11,14,17-18H,3,12H2,1-2H3/t14-,17+,18-/m1/s1. The molecular weight excluding hydrogens is 302 g/mol. The lowest BCUT2D eigenvalue weighted by Crippen LogP contribution is -2.35. The average molecular weight is 323 g/mol. The summed E-state index contributed by atoms with van der Waals surface area (Å²) < 4.78 is 0. The Bertz CT molecular complexity index is 728. The molecule has 1 saturated heterocycles. The summed E-state index contributed by atoms with van der Waals surface area (Å²) in [6.07, 6.45) is 3.03. The molecular formula is C19H21N3S. The maximum absolute atomic E-state index is 5.06. The zero-order chi connectivity index (χ0) is 15.8. The van der Waals surface area contributed by atoms with E-state index in [2.05, 4.69) is 60.1 Å². The molecule has 23 heavy (non-hydrogen) atoms. The van der Waals surface area contributed by atoms with Gasteiger partial charge in [0.2, 0.25) is 0 Å². The number of rotatable bonds is 3. The molecule has 0 spiro atoms. The fraction of sp³-hybridized carbons (Fsp3) is 0.368. The van der Waals surface area contributed by atoms with Crippen molar-refractivity contribution in [2.45, 2.75) is 38.4 Å². The van der Waals surface area contributed by atoms with Gasteiger partial charge in [-0.15, -0.1) is 0 Å². The van der Waals surface area contributed by atoms with Gasteiger partial charge in [0, 0.05) is 18.0 Å². The predicted molar refractivity (Wildman–Crippen MR) is 96.7 cm³/mol. The maximum atomic E-state index is 5.06. The fourth-order valence-corrected chi connectivity index (χ4v) is 4.94. The third-order valence-electron chi connectivity index (χ3n) is 4.84. The van der Waals surface area contributed by atoms with Gasteiger partial charge in [0.1, 0.15) is 6.04 Å². The summed E-state index contributed by atoms with van der Waals surface area (Å²) in [5.41, 5.74) is 3.78. The van der Waals surface area contributed by atoms with E-state index in [1.54, 1.807) is 0 Å². The van der Waals surface area contributed by atoms with Gasteiger partial charge in [-0.05, 0) is 36.6 Å². The summed E-state index contributed by atoms with van der Waals surface area (Å²) in [5.74, 6) is 1.15. The highest BCUT2D eigenvalue weighted by Gasteiger charge is 2.45. The predicted octanol–water partition coefficient (Wildman–Crippen LogP) is 4.37. The van der Waals surface area contributed by atoms with E-state index >= 15 is 0 Å². The van der Waals surface area contributed by atoms with Crippen molar-refractivity contribution in [2.75, 3.05) is 5.75 Å². The summed E-state index contributed by atoms with van der Waals surface area (Å²) in [5, 5.41) is 1.20.